The standard InChI is InChI=1S/C16H26ClFN2/c1-4-6-9-20(12(3)5-2)16(11-19)14-8-7-13(18)10-15(14)17/h7-8,10,12,16H,4-6,9,11,19H2,1-3H3. The van der Waals surface area contributed by atoms with Crippen molar-refractivity contribution in [2.24, 2.45) is 5.73 Å². The molecule has 0 aliphatic rings. The van der Waals surface area contributed by atoms with Crippen LogP contribution in [0.4, 0.5) is 4.39 Å². The van der Waals surface area contributed by atoms with Gasteiger partial charge in [0.25, 0.3) is 0 Å². The first-order valence-corrected chi connectivity index (χ1v) is 7.83. The maximum absolute atomic E-state index is 13.2. The number of benzene rings is 1. The summed E-state index contributed by atoms with van der Waals surface area (Å²) in [5, 5.41) is 0.463. The number of nitrogens with two attached hydrogens (primary N) is 1. The Balaban J connectivity index is 3.04. The van der Waals surface area contributed by atoms with E-state index < -0.39 is 0 Å². The lowest BCUT2D eigenvalue weighted by atomic mass is 10.0. The van der Waals surface area contributed by atoms with Gasteiger partial charge in [0.1, 0.15) is 5.82 Å². The Morgan fingerprint density at radius 3 is 2.55 bits per heavy atom. The summed E-state index contributed by atoms with van der Waals surface area (Å²) in [7, 11) is 0. The van der Waals surface area contributed by atoms with Crippen LogP contribution in [-0.2, 0) is 0 Å². The molecule has 0 saturated carbocycles. The molecule has 0 fully saturated rings. The van der Waals surface area contributed by atoms with E-state index in [1.807, 2.05) is 0 Å². The number of hydrogen-bond donors (Lipinski definition) is 1. The van der Waals surface area contributed by atoms with Crippen LogP contribution in [0.2, 0.25) is 5.02 Å². The van der Waals surface area contributed by atoms with Gasteiger partial charge in [-0.15, -0.1) is 0 Å². The van der Waals surface area contributed by atoms with E-state index in [9.17, 15) is 4.39 Å². The van der Waals surface area contributed by atoms with Gasteiger partial charge in [0, 0.05) is 23.7 Å². The molecule has 4 heteroatoms. The Morgan fingerprint density at radius 1 is 1.35 bits per heavy atom. The molecule has 0 heterocycles. The van der Waals surface area contributed by atoms with Crippen LogP contribution in [0, 0.1) is 5.82 Å². The average molecular weight is 301 g/mol. The van der Waals surface area contributed by atoms with Crippen LogP contribution in [-0.4, -0.2) is 24.0 Å². The highest BCUT2D eigenvalue weighted by Crippen LogP contribution is 2.30. The number of hydrogen-bond acceptors (Lipinski definition) is 2. The van der Waals surface area contributed by atoms with Crippen LogP contribution >= 0.6 is 11.6 Å². The quantitative estimate of drug-likeness (QED) is 0.772. The van der Waals surface area contributed by atoms with Crippen LogP contribution in [0.5, 0.6) is 0 Å². The van der Waals surface area contributed by atoms with Crippen molar-refractivity contribution in [1.82, 2.24) is 4.90 Å². The average Bonchev–Trinajstić information content (AvgIpc) is 2.44. The number of rotatable bonds is 8. The molecule has 2 N–H and O–H groups in total. The van der Waals surface area contributed by atoms with E-state index in [-0.39, 0.29) is 11.9 Å². The first kappa shape index (κ1) is 17.4. The minimum absolute atomic E-state index is 0.0459. The summed E-state index contributed by atoms with van der Waals surface area (Å²) in [6.07, 6.45) is 3.32. The fourth-order valence-corrected chi connectivity index (χ4v) is 2.76. The van der Waals surface area contributed by atoms with Crippen LogP contribution in [0.3, 0.4) is 0 Å². The van der Waals surface area contributed by atoms with Gasteiger partial charge in [-0.25, -0.2) is 4.39 Å². The maximum atomic E-state index is 13.2. The maximum Gasteiger partial charge on any atom is 0.124 e. The molecule has 2 unspecified atom stereocenters. The monoisotopic (exact) mass is 300 g/mol. The molecule has 0 bridgehead atoms. The summed E-state index contributed by atoms with van der Waals surface area (Å²) in [6.45, 7) is 8.02. The van der Waals surface area contributed by atoms with Crippen molar-refractivity contribution in [3.63, 3.8) is 0 Å². The van der Waals surface area contributed by atoms with E-state index in [0.29, 0.717) is 17.6 Å². The lowest BCUT2D eigenvalue weighted by Gasteiger charge is -2.36. The van der Waals surface area contributed by atoms with Crippen molar-refractivity contribution < 1.29 is 4.39 Å². The fourth-order valence-electron chi connectivity index (χ4n) is 2.47. The second kappa shape index (κ2) is 8.60. The molecule has 1 rings (SSSR count). The second-order valence-electron chi connectivity index (χ2n) is 5.27. The highest BCUT2D eigenvalue weighted by molar-refractivity contribution is 6.31. The van der Waals surface area contributed by atoms with Gasteiger partial charge in [0.2, 0.25) is 0 Å². The highest BCUT2D eigenvalue weighted by atomic mass is 35.5. The van der Waals surface area contributed by atoms with Crippen molar-refractivity contribution >= 4 is 11.6 Å². The summed E-state index contributed by atoms with van der Waals surface area (Å²) >= 11 is 6.21. The number of nitrogens with zero attached hydrogens (tertiary/aromatic N) is 1. The van der Waals surface area contributed by atoms with E-state index in [4.69, 9.17) is 17.3 Å². The van der Waals surface area contributed by atoms with Gasteiger partial charge >= 0.3 is 0 Å². The Hall–Kier alpha value is -0.640. The molecule has 0 aliphatic carbocycles. The molecule has 114 valence electrons. The highest BCUT2D eigenvalue weighted by Gasteiger charge is 2.24. The molecule has 1 aromatic rings. The third-order valence-corrected chi connectivity index (χ3v) is 4.20. The van der Waals surface area contributed by atoms with Crippen LogP contribution in [0.15, 0.2) is 18.2 Å². The first-order chi connectivity index (χ1) is 9.54. The van der Waals surface area contributed by atoms with Crippen LogP contribution in [0.25, 0.3) is 0 Å². The summed E-state index contributed by atoms with van der Waals surface area (Å²) in [4.78, 5) is 2.39. The zero-order valence-corrected chi connectivity index (χ0v) is 13.5. The predicted molar refractivity (Wildman–Crippen MR) is 84.6 cm³/mol. The van der Waals surface area contributed by atoms with Gasteiger partial charge in [0.05, 0.1) is 0 Å². The van der Waals surface area contributed by atoms with E-state index >= 15 is 0 Å². The number of halogens is 2. The van der Waals surface area contributed by atoms with Crippen molar-refractivity contribution in [2.45, 2.75) is 52.1 Å². The topological polar surface area (TPSA) is 29.3 Å². The van der Waals surface area contributed by atoms with E-state index in [1.54, 1.807) is 6.07 Å². The molecule has 0 aromatic heterocycles. The molecule has 2 atom stereocenters. The lowest BCUT2D eigenvalue weighted by molar-refractivity contribution is 0.141. The second-order valence-corrected chi connectivity index (χ2v) is 5.67. The van der Waals surface area contributed by atoms with Gasteiger partial charge in [-0.1, -0.05) is 37.9 Å². The molecular formula is C16H26ClFN2. The molecule has 0 aliphatic heterocycles. The molecule has 1 aromatic carbocycles. The SMILES string of the molecule is CCCCN(C(C)CC)C(CN)c1ccc(F)cc1Cl. The van der Waals surface area contributed by atoms with Crippen LogP contribution < -0.4 is 5.73 Å². The summed E-state index contributed by atoms with van der Waals surface area (Å²) < 4.78 is 13.2. The summed E-state index contributed by atoms with van der Waals surface area (Å²) in [5.74, 6) is -0.307. The first-order valence-electron chi connectivity index (χ1n) is 7.45. The Labute approximate surface area is 127 Å². The van der Waals surface area contributed by atoms with E-state index in [1.165, 1.54) is 12.1 Å². The largest absolute Gasteiger partial charge is 0.329 e. The van der Waals surface area contributed by atoms with Crippen molar-refractivity contribution in [3.05, 3.63) is 34.6 Å². The summed E-state index contributed by atoms with van der Waals surface area (Å²) in [5.41, 5.74) is 6.91. The van der Waals surface area contributed by atoms with Crippen LogP contribution in [0.1, 0.15) is 51.6 Å². The van der Waals surface area contributed by atoms with Crippen molar-refractivity contribution in [3.8, 4) is 0 Å². The Kier molecular flexibility index (Phi) is 7.49. The van der Waals surface area contributed by atoms with Gasteiger partial charge in [-0.2, -0.15) is 0 Å². The molecule has 20 heavy (non-hydrogen) atoms. The molecule has 0 amide bonds. The van der Waals surface area contributed by atoms with Gasteiger partial charge in [0.15, 0.2) is 0 Å². The molecular weight excluding hydrogens is 275 g/mol. The lowest BCUT2D eigenvalue weighted by Crippen LogP contribution is -2.40. The van der Waals surface area contributed by atoms with Gasteiger partial charge < -0.3 is 5.73 Å². The van der Waals surface area contributed by atoms with Crippen molar-refractivity contribution in [1.29, 1.82) is 0 Å². The third kappa shape index (κ3) is 4.44. The van der Waals surface area contributed by atoms with Gasteiger partial charge in [-0.3, -0.25) is 4.90 Å². The zero-order valence-electron chi connectivity index (χ0n) is 12.7. The Morgan fingerprint density at radius 2 is 2.05 bits per heavy atom. The normalized spacial score (nSPS) is 14.6. The van der Waals surface area contributed by atoms with E-state index in [2.05, 4.69) is 25.7 Å². The van der Waals surface area contributed by atoms with Crippen molar-refractivity contribution in [2.75, 3.05) is 13.1 Å². The summed E-state index contributed by atoms with van der Waals surface area (Å²) in [6, 6.07) is 5.06. The molecule has 0 spiro atoms. The molecule has 2 nitrogen and oxygen atoms in total. The molecule has 0 saturated heterocycles. The van der Waals surface area contributed by atoms with Gasteiger partial charge in [-0.05, 0) is 44.0 Å². The predicted octanol–water partition coefficient (Wildman–Crippen LogP) is 4.38. The minimum Gasteiger partial charge on any atom is -0.329 e. The third-order valence-electron chi connectivity index (χ3n) is 3.87. The van der Waals surface area contributed by atoms with E-state index in [0.717, 1.165) is 31.4 Å². The fraction of sp³-hybridized carbons (Fsp3) is 0.625. The number of unbranched alkanes of at least 4 members (excludes halogenated alkanes) is 1. The zero-order chi connectivity index (χ0) is 15.1. The minimum atomic E-state index is -0.307. The molecule has 0 radical (unpaired) electrons. The Bertz CT molecular complexity index is 411. The smallest absolute Gasteiger partial charge is 0.124 e.